The normalized spacial score (nSPS) is 15.5. The van der Waals surface area contributed by atoms with Gasteiger partial charge in [0.15, 0.2) is 0 Å². The van der Waals surface area contributed by atoms with Gasteiger partial charge in [0.05, 0.1) is 12.8 Å². The number of anilines is 1. The summed E-state index contributed by atoms with van der Waals surface area (Å²) in [6.45, 7) is 2.78. The molecule has 0 spiro atoms. The molecule has 4 heteroatoms. The van der Waals surface area contributed by atoms with Crippen LogP contribution >= 0.6 is 0 Å². The molecule has 0 aromatic heterocycles. The molecule has 0 heterocycles. The SMILES string of the molecule is CCN(C(=O)c1ccc(N)c(OC)c1)C1CCCC1. The fraction of sp³-hybridized carbons (Fsp3) is 0.533. The van der Waals surface area contributed by atoms with Crippen LogP contribution in [0.5, 0.6) is 5.75 Å². The molecule has 0 radical (unpaired) electrons. The van der Waals surface area contributed by atoms with E-state index in [9.17, 15) is 4.79 Å². The summed E-state index contributed by atoms with van der Waals surface area (Å²) in [6, 6.07) is 5.63. The van der Waals surface area contributed by atoms with Crippen molar-refractivity contribution in [3.63, 3.8) is 0 Å². The third-order valence-corrected chi connectivity index (χ3v) is 3.85. The quantitative estimate of drug-likeness (QED) is 0.849. The van der Waals surface area contributed by atoms with Crippen LogP contribution in [0.4, 0.5) is 5.69 Å². The van der Waals surface area contributed by atoms with Crippen LogP contribution in [0.15, 0.2) is 18.2 Å². The number of carbonyl (C=O) groups excluding carboxylic acids is 1. The smallest absolute Gasteiger partial charge is 0.254 e. The monoisotopic (exact) mass is 262 g/mol. The first kappa shape index (κ1) is 13.7. The summed E-state index contributed by atoms with van der Waals surface area (Å²) in [4.78, 5) is 14.5. The molecular weight excluding hydrogens is 240 g/mol. The molecule has 0 aliphatic heterocycles. The van der Waals surface area contributed by atoms with Gasteiger partial charge in [0, 0.05) is 18.2 Å². The molecule has 1 aromatic rings. The molecule has 0 unspecified atom stereocenters. The van der Waals surface area contributed by atoms with Crippen LogP contribution in [0.1, 0.15) is 43.0 Å². The molecule has 2 rings (SSSR count). The summed E-state index contributed by atoms with van der Waals surface area (Å²) in [7, 11) is 1.56. The molecule has 2 N–H and O–H groups in total. The van der Waals surface area contributed by atoms with Crippen molar-refractivity contribution in [1.29, 1.82) is 0 Å². The van der Waals surface area contributed by atoms with Crippen molar-refractivity contribution < 1.29 is 9.53 Å². The van der Waals surface area contributed by atoms with E-state index in [2.05, 4.69) is 0 Å². The first-order chi connectivity index (χ1) is 9.17. The number of nitrogens with two attached hydrogens (primary N) is 1. The topological polar surface area (TPSA) is 55.6 Å². The van der Waals surface area contributed by atoms with Gasteiger partial charge in [-0.1, -0.05) is 12.8 Å². The van der Waals surface area contributed by atoms with Crippen LogP contribution < -0.4 is 10.5 Å². The molecule has 1 amide bonds. The standard InChI is InChI=1S/C15H22N2O2/c1-3-17(12-6-4-5-7-12)15(18)11-8-9-13(16)14(10-11)19-2/h8-10,12H,3-7,16H2,1-2H3. The molecular formula is C15H22N2O2. The highest BCUT2D eigenvalue weighted by Crippen LogP contribution is 2.27. The first-order valence-electron chi connectivity index (χ1n) is 6.91. The minimum Gasteiger partial charge on any atom is -0.495 e. The largest absolute Gasteiger partial charge is 0.495 e. The summed E-state index contributed by atoms with van der Waals surface area (Å²) in [5, 5.41) is 0. The average molecular weight is 262 g/mol. The molecule has 1 saturated carbocycles. The Labute approximate surface area is 114 Å². The Morgan fingerprint density at radius 1 is 1.42 bits per heavy atom. The summed E-state index contributed by atoms with van der Waals surface area (Å²) < 4.78 is 5.18. The third-order valence-electron chi connectivity index (χ3n) is 3.85. The second-order valence-electron chi connectivity index (χ2n) is 4.99. The van der Waals surface area contributed by atoms with E-state index in [1.165, 1.54) is 12.8 Å². The van der Waals surface area contributed by atoms with Gasteiger partial charge >= 0.3 is 0 Å². The molecule has 19 heavy (non-hydrogen) atoms. The van der Waals surface area contributed by atoms with Gasteiger partial charge in [-0.25, -0.2) is 0 Å². The second kappa shape index (κ2) is 5.95. The summed E-state index contributed by atoms with van der Waals surface area (Å²) in [6.07, 6.45) is 4.68. The number of methoxy groups -OCH3 is 1. The van der Waals surface area contributed by atoms with Crippen molar-refractivity contribution in [2.45, 2.75) is 38.6 Å². The lowest BCUT2D eigenvalue weighted by Crippen LogP contribution is -2.38. The van der Waals surface area contributed by atoms with Crippen molar-refractivity contribution in [3.8, 4) is 5.75 Å². The van der Waals surface area contributed by atoms with E-state index >= 15 is 0 Å². The maximum Gasteiger partial charge on any atom is 0.254 e. The number of rotatable bonds is 4. The molecule has 1 fully saturated rings. The lowest BCUT2D eigenvalue weighted by Gasteiger charge is -2.28. The van der Waals surface area contributed by atoms with Gasteiger partial charge in [-0.2, -0.15) is 0 Å². The van der Waals surface area contributed by atoms with E-state index in [4.69, 9.17) is 10.5 Å². The Hall–Kier alpha value is -1.71. The minimum absolute atomic E-state index is 0.0766. The highest BCUT2D eigenvalue weighted by atomic mass is 16.5. The zero-order chi connectivity index (χ0) is 13.8. The minimum atomic E-state index is 0.0766. The van der Waals surface area contributed by atoms with Crippen LogP contribution in [0.3, 0.4) is 0 Å². The van der Waals surface area contributed by atoms with E-state index in [-0.39, 0.29) is 5.91 Å². The average Bonchev–Trinajstić information content (AvgIpc) is 2.94. The Balaban J connectivity index is 2.21. The second-order valence-corrected chi connectivity index (χ2v) is 4.99. The van der Waals surface area contributed by atoms with Gasteiger partial charge in [0.2, 0.25) is 0 Å². The number of nitrogens with zero attached hydrogens (tertiary/aromatic N) is 1. The highest BCUT2D eigenvalue weighted by molar-refractivity contribution is 5.95. The molecule has 1 aromatic carbocycles. The number of carbonyl (C=O) groups is 1. The Morgan fingerprint density at radius 3 is 2.68 bits per heavy atom. The summed E-state index contributed by atoms with van der Waals surface area (Å²) in [5.74, 6) is 0.640. The van der Waals surface area contributed by atoms with Gasteiger partial charge in [-0.3, -0.25) is 4.79 Å². The molecule has 1 aliphatic rings. The first-order valence-corrected chi connectivity index (χ1v) is 6.91. The molecule has 104 valence electrons. The Morgan fingerprint density at radius 2 is 2.11 bits per heavy atom. The van der Waals surface area contributed by atoms with Crippen molar-refractivity contribution in [2.75, 3.05) is 19.4 Å². The molecule has 4 nitrogen and oxygen atoms in total. The van der Waals surface area contributed by atoms with Crippen molar-refractivity contribution >= 4 is 11.6 Å². The maximum atomic E-state index is 12.6. The van der Waals surface area contributed by atoms with Crippen molar-refractivity contribution in [1.82, 2.24) is 4.90 Å². The van der Waals surface area contributed by atoms with Gasteiger partial charge in [0.1, 0.15) is 5.75 Å². The third kappa shape index (κ3) is 2.83. The van der Waals surface area contributed by atoms with Gasteiger partial charge in [-0.15, -0.1) is 0 Å². The van der Waals surface area contributed by atoms with E-state index < -0.39 is 0 Å². The number of hydrogen-bond donors (Lipinski definition) is 1. The van der Waals surface area contributed by atoms with Gasteiger partial charge < -0.3 is 15.4 Å². The predicted molar refractivity (Wildman–Crippen MR) is 76.4 cm³/mol. The number of amides is 1. The van der Waals surface area contributed by atoms with Crippen LogP contribution in [-0.4, -0.2) is 30.5 Å². The van der Waals surface area contributed by atoms with E-state index in [0.717, 1.165) is 19.4 Å². The van der Waals surface area contributed by atoms with E-state index in [1.54, 1.807) is 25.3 Å². The van der Waals surface area contributed by atoms with Crippen molar-refractivity contribution in [3.05, 3.63) is 23.8 Å². The maximum absolute atomic E-state index is 12.6. The van der Waals surface area contributed by atoms with Crippen LogP contribution in [0.2, 0.25) is 0 Å². The van der Waals surface area contributed by atoms with Crippen molar-refractivity contribution in [2.24, 2.45) is 0 Å². The summed E-state index contributed by atoms with van der Waals surface area (Å²) >= 11 is 0. The Kier molecular flexibility index (Phi) is 4.30. The number of nitrogen functional groups attached to an aromatic ring is 1. The number of hydrogen-bond acceptors (Lipinski definition) is 3. The summed E-state index contributed by atoms with van der Waals surface area (Å²) in [5.41, 5.74) is 6.99. The molecule has 1 aliphatic carbocycles. The zero-order valence-corrected chi connectivity index (χ0v) is 11.7. The fourth-order valence-electron chi connectivity index (χ4n) is 2.79. The molecule has 0 saturated heterocycles. The lowest BCUT2D eigenvalue weighted by atomic mass is 10.1. The zero-order valence-electron chi connectivity index (χ0n) is 11.7. The Bertz CT molecular complexity index is 453. The molecule has 0 atom stereocenters. The lowest BCUT2D eigenvalue weighted by molar-refractivity contribution is 0.0693. The predicted octanol–water partition coefficient (Wildman–Crippen LogP) is 2.68. The number of benzene rings is 1. The molecule has 0 bridgehead atoms. The van der Waals surface area contributed by atoms with Crippen LogP contribution in [0, 0.1) is 0 Å². The van der Waals surface area contributed by atoms with E-state index in [0.29, 0.717) is 23.0 Å². The van der Waals surface area contributed by atoms with Crippen LogP contribution in [-0.2, 0) is 0 Å². The number of ether oxygens (including phenoxy) is 1. The van der Waals surface area contributed by atoms with E-state index in [1.807, 2.05) is 11.8 Å². The van der Waals surface area contributed by atoms with Gasteiger partial charge in [0.25, 0.3) is 5.91 Å². The fourth-order valence-corrected chi connectivity index (χ4v) is 2.79. The van der Waals surface area contributed by atoms with Crippen LogP contribution in [0.25, 0.3) is 0 Å². The highest BCUT2D eigenvalue weighted by Gasteiger charge is 2.26. The van der Waals surface area contributed by atoms with Gasteiger partial charge in [-0.05, 0) is 38.0 Å².